The summed E-state index contributed by atoms with van der Waals surface area (Å²) < 4.78 is 0.991. The molecule has 1 nitrogen and oxygen atoms in total. The molecular formula is C15H15BrOS. The molecule has 0 radical (unpaired) electrons. The summed E-state index contributed by atoms with van der Waals surface area (Å²) in [7, 11) is 0. The molecule has 3 heteroatoms. The Kier molecular flexibility index (Phi) is 4.72. The van der Waals surface area contributed by atoms with Crippen LogP contribution in [0.2, 0.25) is 0 Å². The first kappa shape index (κ1) is 13.5. The molecule has 1 aromatic carbocycles. The Balaban J connectivity index is 2.12. The lowest BCUT2D eigenvalue weighted by Crippen LogP contribution is -1.99. The monoisotopic (exact) mass is 322 g/mol. The SMILES string of the molecule is CCCCc1ccc(C(=O)c2csc(Br)c2)cc1. The van der Waals surface area contributed by atoms with Gasteiger partial charge in [0, 0.05) is 16.5 Å². The molecule has 0 fully saturated rings. The number of thiophene rings is 1. The molecule has 0 spiro atoms. The predicted octanol–water partition coefficient (Wildman–Crippen LogP) is 5.08. The van der Waals surface area contributed by atoms with Gasteiger partial charge in [0.05, 0.1) is 3.79 Å². The maximum Gasteiger partial charge on any atom is 0.193 e. The highest BCUT2D eigenvalue weighted by Crippen LogP contribution is 2.23. The van der Waals surface area contributed by atoms with Crippen LogP contribution in [0.15, 0.2) is 39.5 Å². The third-order valence-electron chi connectivity index (χ3n) is 2.86. The number of aryl methyl sites for hydroxylation is 1. The van der Waals surface area contributed by atoms with E-state index < -0.39 is 0 Å². The summed E-state index contributed by atoms with van der Waals surface area (Å²) in [6.07, 6.45) is 3.49. The van der Waals surface area contributed by atoms with E-state index in [9.17, 15) is 4.79 Å². The number of unbranched alkanes of at least 4 members (excludes halogenated alkanes) is 1. The third-order valence-corrected chi connectivity index (χ3v) is 4.37. The van der Waals surface area contributed by atoms with E-state index in [0.717, 1.165) is 21.3 Å². The van der Waals surface area contributed by atoms with Crippen molar-refractivity contribution in [1.29, 1.82) is 0 Å². The molecule has 0 atom stereocenters. The maximum absolute atomic E-state index is 12.2. The summed E-state index contributed by atoms with van der Waals surface area (Å²) in [5.74, 6) is 0.0963. The fraction of sp³-hybridized carbons (Fsp3) is 0.267. The van der Waals surface area contributed by atoms with Gasteiger partial charge in [-0.05, 0) is 40.4 Å². The zero-order chi connectivity index (χ0) is 13.0. The first-order valence-electron chi connectivity index (χ1n) is 6.08. The summed E-state index contributed by atoms with van der Waals surface area (Å²) in [6, 6.07) is 9.85. The van der Waals surface area contributed by atoms with Crippen LogP contribution in [0.1, 0.15) is 41.3 Å². The number of hydrogen-bond acceptors (Lipinski definition) is 2. The second kappa shape index (κ2) is 6.30. The van der Waals surface area contributed by atoms with Gasteiger partial charge in [-0.15, -0.1) is 11.3 Å². The normalized spacial score (nSPS) is 10.6. The number of carbonyl (C=O) groups is 1. The van der Waals surface area contributed by atoms with Gasteiger partial charge in [-0.25, -0.2) is 0 Å². The zero-order valence-corrected chi connectivity index (χ0v) is 12.7. The van der Waals surface area contributed by atoms with E-state index in [1.54, 1.807) is 0 Å². The van der Waals surface area contributed by atoms with E-state index >= 15 is 0 Å². The number of rotatable bonds is 5. The van der Waals surface area contributed by atoms with Crippen molar-refractivity contribution in [2.24, 2.45) is 0 Å². The highest BCUT2D eigenvalue weighted by Gasteiger charge is 2.10. The molecule has 0 saturated heterocycles. The van der Waals surface area contributed by atoms with Crippen LogP contribution < -0.4 is 0 Å². The minimum Gasteiger partial charge on any atom is -0.289 e. The van der Waals surface area contributed by atoms with Crippen molar-refractivity contribution in [2.75, 3.05) is 0 Å². The molecule has 0 bridgehead atoms. The van der Waals surface area contributed by atoms with Crippen LogP contribution in [-0.4, -0.2) is 5.78 Å². The molecule has 2 rings (SSSR count). The van der Waals surface area contributed by atoms with E-state index in [4.69, 9.17) is 0 Å². The maximum atomic E-state index is 12.2. The van der Waals surface area contributed by atoms with Gasteiger partial charge in [-0.2, -0.15) is 0 Å². The van der Waals surface area contributed by atoms with E-state index in [0.29, 0.717) is 0 Å². The second-order valence-corrected chi connectivity index (χ2v) is 6.56. The lowest BCUT2D eigenvalue weighted by Gasteiger charge is -2.02. The first-order chi connectivity index (χ1) is 8.70. The Hall–Kier alpha value is -0.930. The van der Waals surface area contributed by atoms with Crippen molar-refractivity contribution in [3.8, 4) is 0 Å². The standard InChI is InChI=1S/C15H15BrOS/c1-2-3-4-11-5-7-12(8-6-11)15(17)13-9-14(16)18-10-13/h5-10H,2-4H2,1H3. The van der Waals surface area contributed by atoms with Crippen molar-refractivity contribution in [3.05, 3.63) is 56.2 Å². The Morgan fingerprint density at radius 3 is 2.50 bits per heavy atom. The number of halogens is 1. The molecular weight excluding hydrogens is 308 g/mol. The van der Waals surface area contributed by atoms with E-state index in [-0.39, 0.29) is 5.78 Å². The Morgan fingerprint density at radius 2 is 1.94 bits per heavy atom. The molecule has 0 saturated carbocycles. The number of ketones is 1. The van der Waals surface area contributed by atoms with Crippen LogP contribution in [0.3, 0.4) is 0 Å². The quantitative estimate of drug-likeness (QED) is 0.701. The minimum absolute atomic E-state index is 0.0963. The van der Waals surface area contributed by atoms with Gasteiger partial charge in [0.2, 0.25) is 0 Å². The van der Waals surface area contributed by atoms with Gasteiger partial charge in [0.25, 0.3) is 0 Å². The number of hydrogen-bond donors (Lipinski definition) is 0. The predicted molar refractivity (Wildman–Crippen MR) is 80.5 cm³/mol. The fourth-order valence-corrected chi connectivity index (χ4v) is 2.94. The fourth-order valence-electron chi connectivity index (χ4n) is 1.80. The molecule has 0 aliphatic carbocycles. The number of carbonyl (C=O) groups excluding carboxylic acids is 1. The van der Waals surface area contributed by atoms with E-state index in [2.05, 4.69) is 35.0 Å². The van der Waals surface area contributed by atoms with Gasteiger partial charge in [-0.1, -0.05) is 37.6 Å². The van der Waals surface area contributed by atoms with Gasteiger partial charge in [-0.3, -0.25) is 4.79 Å². The molecule has 1 aromatic heterocycles. The highest BCUT2D eigenvalue weighted by atomic mass is 79.9. The topological polar surface area (TPSA) is 17.1 Å². The molecule has 0 aliphatic heterocycles. The average molecular weight is 323 g/mol. The van der Waals surface area contributed by atoms with Crippen molar-refractivity contribution in [2.45, 2.75) is 26.2 Å². The summed E-state index contributed by atoms with van der Waals surface area (Å²) >= 11 is 4.92. The Morgan fingerprint density at radius 1 is 1.22 bits per heavy atom. The van der Waals surface area contributed by atoms with Crippen LogP contribution in [0.25, 0.3) is 0 Å². The van der Waals surface area contributed by atoms with E-state index in [1.807, 2.05) is 23.6 Å². The summed E-state index contributed by atoms with van der Waals surface area (Å²) in [4.78, 5) is 12.2. The van der Waals surface area contributed by atoms with E-state index in [1.165, 1.54) is 29.7 Å². The minimum atomic E-state index is 0.0963. The lowest BCUT2D eigenvalue weighted by molar-refractivity contribution is 0.103. The van der Waals surface area contributed by atoms with Crippen LogP contribution in [0, 0.1) is 0 Å². The van der Waals surface area contributed by atoms with Crippen LogP contribution >= 0.6 is 27.3 Å². The summed E-state index contributed by atoms with van der Waals surface area (Å²) in [6.45, 7) is 2.19. The smallest absolute Gasteiger partial charge is 0.193 e. The molecule has 1 heterocycles. The molecule has 0 N–H and O–H groups in total. The number of benzene rings is 1. The lowest BCUT2D eigenvalue weighted by atomic mass is 10.0. The molecule has 0 amide bonds. The second-order valence-electron chi connectivity index (χ2n) is 4.27. The largest absolute Gasteiger partial charge is 0.289 e. The van der Waals surface area contributed by atoms with Crippen LogP contribution in [0.4, 0.5) is 0 Å². The van der Waals surface area contributed by atoms with Gasteiger partial charge in [0.15, 0.2) is 5.78 Å². The zero-order valence-electron chi connectivity index (χ0n) is 10.3. The Bertz CT molecular complexity index is 528. The van der Waals surface area contributed by atoms with Crippen molar-refractivity contribution in [1.82, 2.24) is 0 Å². The molecule has 2 aromatic rings. The van der Waals surface area contributed by atoms with Crippen molar-refractivity contribution in [3.63, 3.8) is 0 Å². The van der Waals surface area contributed by atoms with Gasteiger partial charge in [0.1, 0.15) is 0 Å². The van der Waals surface area contributed by atoms with Crippen molar-refractivity contribution >= 4 is 33.0 Å². The summed E-state index contributed by atoms with van der Waals surface area (Å²) in [5, 5.41) is 1.89. The average Bonchev–Trinajstić information content (AvgIpc) is 2.83. The van der Waals surface area contributed by atoms with Crippen LogP contribution in [-0.2, 0) is 6.42 Å². The van der Waals surface area contributed by atoms with Gasteiger partial charge >= 0.3 is 0 Å². The molecule has 0 aliphatic rings. The highest BCUT2D eigenvalue weighted by molar-refractivity contribution is 9.11. The molecule has 0 unspecified atom stereocenters. The molecule has 18 heavy (non-hydrogen) atoms. The third kappa shape index (κ3) is 3.30. The Labute approximate surface area is 120 Å². The van der Waals surface area contributed by atoms with Gasteiger partial charge < -0.3 is 0 Å². The first-order valence-corrected chi connectivity index (χ1v) is 7.75. The van der Waals surface area contributed by atoms with Crippen LogP contribution in [0.5, 0.6) is 0 Å². The molecule has 94 valence electrons. The summed E-state index contributed by atoms with van der Waals surface area (Å²) in [5.41, 5.74) is 2.83. The van der Waals surface area contributed by atoms with Crippen molar-refractivity contribution < 1.29 is 4.79 Å².